The third kappa shape index (κ3) is 3.61. The predicted molar refractivity (Wildman–Crippen MR) is 88.8 cm³/mol. The lowest BCUT2D eigenvalue weighted by atomic mass is 9.93. The molecule has 0 saturated heterocycles. The third-order valence-electron chi connectivity index (χ3n) is 3.09. The number of benzene rings is 1. The molecule has 4 heteroatoms. The largest absolute Gasteiger partial charge is 0.486 e. The van der Waals surface area contributed by atoms with Gasteiger partial charge in [-0.05, 0) is 37.1 Å². The van der Waals surface area contributed by atoms with Crippen LogP contribution >= 0.6 is 27.3 Å². The topological polar surface area (TPSA) is 22.1 Å². The summed E-state index contributed by atoms with van der Waals surface area (Å²) in [5.41, 5.74) is 3.60. The van der Waals surface area contributed by atoms with E-state index in [1.54, 1.807) is 11.3 Å². The first-order valence-electron chi connectivity index (χ1n) is 6.62. The van der Waals surface area contributed by atoms with E-state index in [-0.39, 0.29) is 5.41 Å². The average Bonchev–Trinajstić information content (AvgIpc) is 2.82. The zero-order chi connectivity index (χ0) is 14.9. The van der Waals surface area contributed by atoms with E-state index in [4.69, 9.17) is 4.74 Å². The number of halogens is 1. The summed E-state index contributed by atoms with van der Waals surface area (Å²) >= 11 is 5.23. The van der Waals surface area contributed by atoms with Crippen LogP contribution in [-0.2, 0) is 12.0 Å². The van der Waals surface area contributed by atoms with Crippen molar-refractivity contribution in [3.8, 4) is 5.75 Å². The summed E-state index contributed by atoms with van der Waals surface area (Å²) in [6.07, 6.45) is 0. The summed E-state index contributed by atoms with van der Waals surface area (Å²) in [6, 6.07) is 4.10. The number of rotatable bonds is 3. The Morgan fingerprint density at radius 2 is 1.80 bits per heavy atom. The maximum absolute atomic E-state index is 5.86. The highest BCUT2D eigenvalue weighted by molar-refractivity contribution is 9.10. The molecule has 2 nitrogen and oxygen atoms in total. The molecule has 0 fully saturated rings. The first-order chi connectivity index (χ1) is 9.27. The normalized spacial score (nSPS) is 11.7. The first kappa shape index (κ1) is 15.5. The van der Waals surface area contributed by atoms with Crippen LogP contribution in [0.15, 0.2) is 22.0 Å². The molecule has 2 rings (SSSR count). The number of aromatic nitrogens is 1. The van der Waals surface area contributed by atoms with Crippen LogP contribution in [0.2, 0.25) is 0 Å². The Kier molecular flexibility index (Phi) is 4.55. The SMILES string of the molecule is Cc1cc(OCc2nc(C(C)(C)C)cs2)cc(C)c1Br. The van der Waals surface area contributed by atoms with E-state index in [1.165, 1.54) is 11.1 Å². The van der Waals surface area contributed by atoms with E-state index in [9.17, 15) is 0 Å². The van der Waals surface area contributed by atoms with E-state index >= 15 is 0 Å². The number of thiazole rings is 1. The van der Waals surface area contributed by atoms with Crippen LogP contribution in [0, 0.1) is 13.8 Å². The maximum atomic E-state index is 5.86. The second kappa shape index (κ2) is 5.86. The lowest BCUT2D eigenvalue weighted by molar-refractivity contribution is 0.304. The van der Waals surface area contributed by atoms with Crippen molar-refractivity contribution >= 4 is 27.3 Å². The monoisotopic (exact) mass is 353 g/mol. The molecule has 20 heavy (non-hydrogen) atoms. The average molecular weight is 354 g/mol. The Labute approximate surface area is 133 Å². The first-order valence-corrected chi connectivity index (χ1v) is 8.29. The van der Waals surface area contributed by atoms with E-state index in [1.807, 2.05) is 0 Å². The van der Waals surface area contributed by atoms with Gasteiger partial charge in [0.05, 0.1) is 5.69 Å². The smallest absolute Gasteiger partial charge is 0.140 e. The molecule has 0 unspecified atom stereocenters. The van der Waals surface area contributed by atoms with Crippen molar-refractivity contribution in [3.63, 3.8) is 0 Å². The number of nitrogens with zero attached hydrogens (tertiary/aromatic N) is 1. The van der Waals surface area contributed by atoms with Gasteiger partial charge in [-0.2, -0.15) is 0 Å². The Morgan fingerprint density at radius 3 is 2.30 bits per heavy atom. The summed E-state index contributed by atoms with van der Waals surface area (Å²) in [6.45, 7) is 11.2. The molecule has 0 atom stereocenters. The minimum atomic E-state index is 0.0968. The van der Waals surface area contributed by atoms with Gasteiger partial charge in [0, 0.05) is 15.3 Å². The van der Waals surface area contributed by atoms with Crippen LogP contribution < -0.4 is 4.74 Å². The van der Waals surface area contributed by atoms with Gasteiger partial charge in [-0.25, -0.2) is 4.98 Å². The molecule has 0 aliphatic rings. The quantitative estimate of drug-likeness (QED) is 0.736. The minimum absolute atomic E-state index is 0.0968. The second-order valence-electron chi connectivity index (χ2n) is 6.04. The highest BCUT2D eigenvalue weighted by Gasteiger charge is 2.17. The van der Waals surface area contributed by atoms with Gasteiger partial charge in [-0.1, -0.05) is 36.7 Å². The predicted octanol–water partition coefficient (Wildman–Crippen LogP) is 5.40. The van der Waals surface area contributed by atoms with Crippen LogP contribution in [-0.4, -0.2) is 4.98 Å². The van der Waals surface area contributed by atoms with E-state index in [2.05, 4.69) is 73.0 Å². The second-order valence-corrected chi connectivity index (χ2v) is 7.77. The van der Waals surface area contributed by atoms with Crippen LogP contribution in [0.25, 0.3) is 0 Å². The molecular weight excluding hydrogens is 334 g/mol. The van der Waals surface area contributed by atoms with Gasteiger partial charge in [0.1, 0.15) is 17.4 Å². The highest BCUT2D eigenvalue weighted by Crippen LogP contribution is 2.28. The molecule has 1 aromatic heterocycles. The summed E-state index contributed by atoms with van der Waals surface area (Å²) in [5, 5.41) is 3.14. The summed E-state index contributed by atoms with van der Waals surface area (Å²) < 4.78 is 7.01. The maximum Gasteiger partial charge on any atom is 0.140 e. The highest BCUT2D eigenvalue weighted by atomic mass is 79.9. The molecule has 0 bridgehead atoms. The molecule has 0 aliphatic heterocycles. The molecule has 0 spiro atoms. The summed E-state index contributed by atoms with van der Waals surface area (Å²) in [7, 11) is 0. The van der Waals surface area contributed by atoms with Crippen LogP contribution in [0.5, 0.6) is 5.75 Å². The molecule has 0 radical (unpaired) electrons. The summed E-state index contributed by atoms with van der Waals surface area (Å²) in [4.78, 5) is 4.64. The molecular formula is C16H20BrNOS. The molecule has 0 amide bonds. The summed E-state index contributed by atoms with van der Waals surface area (Å²) in [5.74, 6) is 0.899. The Hall–Kier alpha value is -0.870. The van der Waals surface area contributed by atoms with Gasteiger partial charge in [0.25, 0.3) is 0 Å². The zero-order valence-corrected chi connectivity index (χ0v) is 15.0. The van der Waals surface area contributed by atoms with Crippen molar-refractivity contribution in [2.24, 2.45) is 0 Å². The number of ether oxygens (including phenoxy) is 1. The van der Waals surface area contributed by atoms with Crippen molar-refractivity contribution in [1.29, 1.82) is 0 Å². The Bertz CT molecular complexity index is 590. The number of aryl methyl sites for hydroxylation is 2. The van der Waals surface area contributed by atoms with Gasteiger partial charge in [-0.15, -0.1) is 11.3 Å². The van der Waals surface area contributed by atoms with Crippen LogP contribution in [0.3, 0.4) is 0 Å². The lowest BCUT2D eigenvalue weighted by Gasteiger charge is -2.14. The molecule has 0 aliphatic carbocycles. The van der Waals surface area contributed by atoms with Gasteiger partial charge >= 0.3 is 0 Å². The molecule has 0 saturated carbocycles. The molecule has 108 valence electrons. The lowest BCUT2D eigenvalue weighted by Crippen LogP contribution is -2.11. The van der Waals surface area contributed by atoms with Crippen LogP contribution in [0.4, 0.5) is 0 Å². The Morgan fingerprint density at radius 1 is 1.20 bits per heavy atom. The molecule has 2 aromatic rings. The third-order valence-corrected chi connectivity index (χ3v) is 5.17. The van der Waals surface area contributed by atoms with Gasteiger partial charge in [0.2, 0.25) is 0 Å². The van der Waals surface area contributed by atoms with Crippen LogP contribution in [0.1, 0.15) is 42.6 Å². The van der Waals surface area contributed by atoms with E-state index < -0.39 is 0 Å². The fourth-order valence-corrected chi connectivity index (χ4v) is 3.02. The molecule has 1 heterocycles. The van der Waals surface area contributed by atoms with Gasteiger partial charge < -0.3 is 4.74 Å². The number of hydrogen-bond donors (Lipinski definition) is 0. The molecule has 0 N–H and O–H groups in total. The fraction of sp³-hybridized carbons (Fsp3) is 0.438. The van der Waals surface area contributed by atoms with Gasteiger partial charge in [-0.3, -0.25) is 0 Å². The van der Waals surface area contributed by atoms with E-state index in [0.717, 1.165) is 20.9 Å². The Balaban J connectivity index is 2.08. The van der Waals surface area contributed by atoms with Crippen molar-refractivity contribution < 1.29 is 4.74 Å². The van der Waals surface area contributed by atoms with E-state index in [0.29, 0.717) is 6.61 Å². The van der Waals surface area contributed by atoms with Crippen molar-refractivity contribution in [2.45, 2.75) is 46.6 Å². The number of hydrogen-bond acceptors (Lipinski definition) is 3. The van der Waals surface area contributed by atoms with Crippen molar-refractivity contribution in [3.05, 3.63) is 43.8 Å². The fourth-order valence-electron chi connectivity index (χ4n) is 1.86. The zero-order valence-electron chi connectivity index (χ0n) is 12.6. The molecule has 1 aromatic carbocycles. The van der Waals surface area contributed by atoms with Crippen molar-refractivity contribution in [2.75, 3.05) is 0 Å². The standard InChI is InChI=1S/C16H20BrNOS/c1-10-6-12(7-11(2)15(10)17)19-8-14-18-13(9-20-14)16(3,4)5/h6-7,9H,8H2,1-5H3. The van der Waals surface area contributed by atoms with Crippen molar-refractivity contribution in [1.82, 2.24) is 4.98 Å². The minimum Gasteiger partial charge on any atom is -0.486 e. The van der Waals surface area contributed by atoms with Gasteiger partial charge in [0.15, 0.2) is 0 Å².